The predicted molar refractivity (Wildman–Crippen MR) is 76.5 cm³/mol. The summed E-state index contributed by atoms with van der Waals surface area (Å²) in [4.78, 5) is 12.0. The minimum absolute atomic E-state index is 0.0213. The van der Waals surface area contributed by atoms with E-state index in [4.69, 9.17) is 4.74 Å². The van der Waals surface area contributed by atoms with Crippen molar-refractivity contribution in [3.05, 3.63) is 30.0 Å². The maximum absolute atomic E-state index is 12.0. The van der Waals surface area contributed by atoms with Crippen molar-refractivity contribution in [3.8, 4) is 0 Å². The second kappa shape index (κ2) is 5.63. The number of ether oxygens (including phenoxy) is 1. The molecule has 1 unspecified atom stereocenters. The van der Waals surface area contributed by atoms with Crippen LogP contribution in [0.1, 0.15) is 18.4 Å². The Labute approximate surface area is 117 Å². The lowest BCUT2D eigenvalue weighted by atomic mass is 10.2. The molecule has 1 aliphatic rings. The zero-order valence-corrected chi connectivity index (χ0v) is 11.6. The summed E-state index contributed by atoms with van der Waals surface area (Å²) in [6.07, 6.45) is 4.09. The van der Waals surface area contributed by atoms with Crippen molar-refractivity contribution in [1.29, 1.82) is 0 Å². The Kier molecular flexibility index (Phi) is 3.69. The highest BCUT2D eigenvalue weighted by Gasteiger charge is 2.16. The van der Waals surface area contributed by atoms with Gasteiger partial charge in [-0.3, -0.25) is 9.48 Å². The van der Waals surface area contributed by atoms with Gasteiger partial charge in [-0.25, -0.2) is 0 Å². The lowest BCUT2D eigenvalue weighted by molar-refractivity contribution is -0.122. The minimum Gasteiger partial charge on any atom is -0.376 e. The van der Waals surface area contributed by atoms with Gasteiger partial charge in [-0.05, 0) is 31.4 Å². The highest BCUT2D eigenvalue weighted by Crippen LogP contribution is 2.15. The summed E-state index contributed by atoms with van der Waals surface area (Å²) >= 11 is 0. The van der Waals surface area contributed by atoms with Crippen molar-refractivity contribution in [1.82, 2.24) is 15.1 Å². The lowest BCUT2D eigenvalue weighted by Gasteiger charge is -2.11. The Morgan fingerprint density at radius 3 is 3.25 bits per heavy atom. The van der Waals surface area contributed by atoms with Crippen LogP contribution in [0.3, 0.4) is 0 Å². The van der Waals surface area contributed by atoms with Gasteiger partial charge in [0.1, 0.15) is 6.54 Å². The van der Waals surface area contributed by atoms with Gasteiger partial charge in [0.15, 0.2) is 0 Å². The number of fused-ring (bicyclic) bond motifs is 1. The Balaban J connectivity index is 1.63. The maximum atomic E-state index is 12.0. The molecule has 5 nitrogen and oxygen atoms in total. The molecule has 2 heterocycles. The first-order valence-corrected chi connectivity index (χ1v) is 7.03. The van der Waals surface area contributed by atoms with Gasteiger partial charge in [-0.1, -0.05) is 12.1 Å². The van der Waals surface area contributed by atoms with Crippen molar-refractivity contribution >= 4 is 16.8 Å². The van der Waals surface area contributed by atoms with Crippen LogP contribution in [0, 0.1) is 6.92 Å². The molecule has 5 heteroatoms. The normalized spacial score (nSPS) is 18.6. The number of nitrogens with zero attached hydrogens (tertiary/aromatic N) is 2. The van der Waals surface area contributed by atoms with Crippen molar-refractivity contribution in [2.75, 3.05) is 13.2 Å². The second-order valence-electron chi connectivity index (χ2n) is 5.30. The first kappa shape index (κ1) is 13.1. The number of hydrogen-bond acceptors (Lipinski definition) is 3. The van der Waals surface area contributed by atoms with Crippen LogP contribution in [-0.2, 0) is 16.1 Å². The molecule has 1 fully saturated rings. The molecule has 1 aromatic heterocycles. The van der Waals surface area contributed by atoms with E-state index >= 15 is 0 Å². The molecule has 20 heavy (non-hydrogen) atoms. The quantitative estimate of drug-likeness (QED) is 0.921. The standard InChI is InChI=1S/C15H19N3O2/c1-11-4-5-12-8-17-18(14(12)7-11)10-15(19)16-9-13-3-2-6-20-13/h4-5,7-8,13H,2-3,6,9-10H2,1H3,(H,16,19). The molecule has 0 bridgehead atoms. The number of aryl methyl sites for hydroxylation is 1. The van der Waals surface area contributed by atoms with E-state index in [2.05, 4.69) is 16.5 Å². The van der Waals surface area contributed by atoms with E-state index in [0.717, 1.165) is 30.4 Å². The fourth-order valence-corrected chi connectivity index (χ4v) is 2.53. The number of benzene rings is 1. The molecular weight excluding hydrogens is 254 g/mol. The SMILES string of the molecule is Cc1ccc2cnn(CC(=O)NCC3CCCO3)c2c1. The zero-order chi connectivity index (χ0) is 13.9. The highest BCUT2D eigenvalue weighted by atomic mass is 16.5. The largest absolute Gasteiger partial charge is 0.376 e. The monoisotopic (exact) mass is 273 g/mol. The van der Waals surface area contributed by atoms with Gasteiger partial charge in [0.2, 0.25) is 5.91 Å². The minimum atomic E-state index is -0.0213. The molecular formula is C15H19N3O2. The van der Waals surface area contributed by atoms with Crippen molar-refractivity contribution < 1.29 is 9.53 Å². The van der Waals surface area contributed by atoms with Crippen LogP contribution in [0.4, 0.5) is 0 Å². The third kappa shape index (κ3) is 2.82. The average Bonchev–Trinajstić information content (AvgIpc) is 3.07. The number of carbonyl (C=O) groups excluding carboxylic acids is 1. The lowest BCUT2D eigenvalue weighted by Crippen LogP contribution is -2.34. The summed E-state index contributed by atoms with van der Waals surface area (Å²) in [6.45, 7) is 3.69. The fourth-order valence-electron chi connectivity index (χ4n) is 2.53. The molecule has 106 valence electrons. The molecule has 3 rings (SSSR count). The molecule has 1 amide bonds. The smallest absolute Gasteiger partial charge is 0.241 e. The third-order valence-electron chi connectivity index (χ3n) is 3.64. The molecule has 0 radical (unpaired) electrons. The van der Waals surface area contributed by atoms with E-state index in [-0.39, 0.29) is 18.6 Å². The number of hydrogen-bond donors (Lipinski definition) is 1. The molecule has 1 N–H and O–H groups in total. The average molecular weight is 273 g/mol. The Bertz CT molecular complexity index is 615. The van der Waals surface area contributed by atoms with Crippen LogP contribution in [0.2, 0.25) is 0 Å². The van der Waals surface area contributed by atoms with E-state index in [9.17, 15) is 4.79 Å². The number of aromatic nitrogens is 2. The summed E-state index contributed by atoms with van der Waals surface area (Å²) in [5.74, 6) is -0.0213. The number of carbonyl (C=O) groups is 1. The van der Waals surface area contributed by atoms with Gasteiger partial charge in [0.25, 0.3) is 0 Å². The molecule has 1 atom stereocenters. The molecule has 1 saturated heterocycles. The summed E-state index contributed by atoms with van der Waals surface area (Å²) in [7, 11) is 0. The Hall–Kier alpha value is -1.88. The van der Waals surface area contributed by atoms with E-state index in [1.807, 2.05) is 19.1 Å². The van der Waals surface area contributed by atoms with Crippen LogP contribution >= 0.6 is 0 Å². The topological polar surface area (TPSA) is 56.2 Å². The summed E-state index contributed by atoms with van der Waals surface area (Å²) in [5, 5.41) is 8.26. The molecule has 0 aliphatic carbocycles. The number of nitrogens with one attached hydrogen (secondary N) is 1. The van der Waals surface area contributed by atoms with E-state index in [0.29, 0.717) is 6.54 Å². The van der Waals surface area contributed by atoms with Gasteiger partial charge < -0.3 is 10.1 Å². The number of amides is 1. The summed E-state index contributed by atoms with van der Waals surface area (Å²) < 4.78 is 7.23. The van der Waals surface area contributed by atoms with Gasteiger partial charge >= 0.3 is 0 Å². The fraction of sp³-hybridized carbons (Fsp3) is 0.467. The van der Waals surface area contributed by atoms with Crippen molar-refractivity contribution in [3.63, 3.8) is 0 Å². The predicted octanol–water partition coefficient (Wildman–Crippen LogP) is 1.64. The Morgan fingerprint density at radius 1 is 1.55 bits per heavy atom. The second-order valence-corrected chi connectivity index (χ2v) is 5.30. The first-order chi connectivity index (χ1) is 9.72. The first-order valence-electron chi connectivity index (χ1n) is 7.03. The van der Waals surface area contributed by atoms with Gasteiger partial charge in [0, 0.05) is 18.5 Å². The molecule has 2 aromatic rings. The summed E-state index contributed by atoms with van der Waals surface area (Å²) in [6, 6.07) is 6.12. The van der Waals surface area contributed by atoms with E-state index in [1.54, 1.807) is 10.9 Å². The Morgan fingerprint density at radius 2 is 2.45 bits per heavy atom. The van der Waals surface area contributed by atoms with Gasteiger partial charge in [0.05, 0.1) is 17.8 Å². The van der Waals surface area contributed by atoms with Crippen LogP contribution in [0.25, 0.3) is 10.9 Å². The van der Waals surface area contributed by atoms with Gasteiger partial charge in [-0.15, -0.1) is 0 Å². The van der Waals surface area contributed by atoms with Crippen molar-refractivity contribution in [2.45, 2.75) is 32.4 Å². The molecule has 0 saturated carbocycles. The maximum Gasteiger partial charge on any atom is 0.241 e. The van der Waals surface area contributed by atoms with Crippen molar-refractivity contribution in [2.24, 2.45) is 0 Å². The number of rotatable bonds is 4. The van der Waals surface area contributed by atoms with E-state index < -0.39 is 0 Å². The van der Waals surface area contributed by atoms with Gasteiger partial charge in [-0.2, -0.15) is 5.10 Å². The summed E-state index contributed by atoms with van der Waals surface area (Å²) in [5.41, 5.74) is 2.16. The molecule has 1 aliphatic heterocycles. The van der Waals surface area contributed by atoms with Crippen LogP contribution in [-0.4, -0.2) is 34.9 Å². The molecule has 0 spiro atoms. The zero-order valence-electron chi connectivity index (χ0n) is 11.6. The van der Waals surface area contributed by atoms with Crippen LogP contribution in [0.5, 0.6) is 0 Å². The highest BCUT2D eigenvalue weighted by molar-refractivity contribution is 5.82. The van der Waals surface area contributed by atoms with E-state index in [1.165, 1.54) is 5.56 Å². The van der Waals surface area contributed by atoms with Crippen LogP contribution in [0.15, 0.2) is 24.4 Å². The third-order valence-corrected chi connectivity index (χ3v) is 3.64. The van der Waals surface area contributed by atoms with Crippen LogP contribution < -0.4 is 5.32 Å². The molecule has 1 aromatic carbocycles.